The maximum Gasteiger partial charge on any atom is 0.237 e. The van der Waals surface area contributed by atoms with Gasteiger partial charge in [0.05, 0.1) is 18.4 Å². The van der Waals surface area contributed by atoms with E-state index in [9.17, 15) is 4.79 Å². The fourth-order valence-electron chi connectivity index (χ4n) is 1.01. The summed E-state index contributed by atoms with van der Waals surface area (Å²) < 4.78 is 5.11. The van der Waals surface area contributed by atoms with Crippen LogP contribution < -0.4 is 5.32 Å². The third-order valence-corrected chi connectivity index (χ3v) is 1.92. The minimum atomic E-state index is -0.632. The molecule has 0 fully saturated rings. The number of hydrogen-bond acceptors (Lipinski definition) is 3. The molecule has 1 amide bonds. The number of furan rings is 1. The van der Waals surface area contributed by atoms with Crippen molar-refractivity contribution in [1.82, 2.24) is 5.32 Å². The molecule has 0 aliphatic heterocycles. The summed E-state index contributed by atoms with van der Waals surface area (Å²) in [6.45, 7) is 3.37. The normalized spacial score (nSPS) is 14.1. The standard InChI is InChI=1S/C10H12N2O2/c1-7(6-11)10(13)12-8(2)9-4-3-5-14-9/h3-5,7-8H,1-2H3,(H,12,13). The van der Waals surface area contributed by atoms with Gasteiger partial charge in [0.15, 0.2) is 0 Å². The molecule has 1 aromatic heterocycles. The number of nitrogens with zero attached hydrogens (tertiary/aromatic N) is 1. The van der Waals surface area contributed by atoms with E-state index in [1.807, 2.05) is 6.07 Å². The van der Waals surface area contributed by atoms with Gasteiger partial charge in [-0.15, -0.1) is 0 Å². The zero-order valence-corrected chi connectivity index (χ0v) is 8.15. The van der Waals surface area contributed by atoms with Crippen LogP contribution in [-0.2, 0) is 4.79 Å². The number of nitrogens with one attached hydrogen (secondary N) is 1. The number of carbonyl (C=O) groups is 1. The molecule has 0 bridgehead atoms. The highest BCUT2D eigenvalue weighted by Crippen LogP contribution is 2.12. The highest BCUT2D eigenvalue weighted by molar-refractivity contribution is 5.80. The summed E-state index contributed by atoms with van der Waals surface area (Å²) >= 11 is 0. The van der Waals surface area contributed by atoms with Crippen LogP contribution in [0.15, 0.2) is 22.8 Å². The molecule has 4 heteroatoms. The van der Waals surface area contributed by atoms with E-state index >= 15 is 0 Å². The first kappa shape index (κ1) is 10.3. The molecule has 2 unspecified atom stereocenters. The summed E-state index contributed by atoms with van der Waals surface area (Å²) in [5.74, 6) is -0.229. The van der Waals surface area contributed by atoms with E-state index in [4.69, 9.17) is 9.68 Å². The Labute approximate surface area is 82.5 Å². The van der Waals surface area contributed by atoms with Gasteiger partial charge in [-0.2, -0.15) is 5.26 Å². The Balaban J connectivity index is 2.54. The van der Waals surface area contributed by atoms with Crippen molar-refractivity contribution in [3.05, 3.63) is 24.2 Å². The second kappa shape index (κ2) is 4.47. The lowest BCUT2D eigenvalue weighted by Crippen LogP contribution is -2.30. The summed E-state index contributed by atoms with van der Waals surface area (Å²) in [5.41, 5.74) is 0. The Morgan fingerprint density at radius 3 is 2.86 bits per heavy atom. The monoisotopic (exact) mass is 192 g/mol. The number of rotatable bonds is 3. The van der Waals surface area contributed by atoms with Gasteiger partial charge in [0.2, 0.25) is 5.91 Å². The Morgan fingerprint density at radius 1 is 1.64 bits per heavy atom. The van der Waals surface area contributed by atoms with Crippen molar-refractivity contribution < 1.29 is 9.21 Å². The van der Waals surface area contributed by atoms with E-state index in [1.54, 1.807) is 32.2 Å². The van der Waals surface area contributed by atoms with Crippen molar-refractivity contribution in [2.45, 2.75) is 19.9 Å². The van der Waals surface area contributed by atoms with Gasteiger partial charge in [-0.1, -0.05) is 0 Å². The summed E-state index contributed by atoms with van der Waals surface area (Å²) in [6.07, 6.45) is 1.55. The highest BCUT2D eigenvalue weighted by Gasteiger charge is 2.16. The van der Waals surface area contributed by atoms with Crippen molar-refractivity contribution in [3.63, 3.8) is 0 Å². The largest absolute Gasteiger partial charge is 0.467 e. The molecule has 0 aromatic carbocycles. The third-order valence-electron chi connectivity index (χ3n) is 1.92. The second-order valence-corrected chi connectivity index (χ2v) is 3.10. The smallest absolute Gasteiger partial charge is 0.237 e. The molecule has 0 aliphatic rings. The van der Waals surface area contributed by atoms with Crippen LogP contribution in [0.1, 0.15) is 25.6 Å². The predicted molar refractivity (Wildman–Crippen MR) is 50.0 cm³/mol. The van der Waals surface area contributed by atoms with E-state index in [0.29, 0.717) is 5.76 Å². The van der Waals surface area contributed by atoms with Crippen LogP contribution in [0.5, 0.6) is 0 Å². The SMILES string of the molecule is CC(C#N)C(=O)NC(C)c1ccco1. The van der Waals surface area contributed by atoms with E-state index in [0.717, 1.165) is 0 Å². The molecule has 74 valence electrons. The number of amides is 1. The Kier molecular flexibility index (Phi) is 3.29. The van der Waals surface area contributed by atoms with Gasteiger partial charge >= 0.3 is 0 Å². The maximum atomic E-state index is 11.3. The first-order chi connectivity index (χ1) is 6.65. The summed E-state index contributed by atoms with van der Waals surface area (Å²) in [4.78, 5) is 11.3. The van der Waals surface area contributed by atoms with Crippen LogP contribution in [0.25, 0.3) is 0 Å². The van der Waals surface area contributed by atoms with E-state index in [1.165, 1.54) is 0 Å². The lowest BCUT2D eigenvalue weighted by molar-refractivity contribution is -0.123. The molecule has 1 heterocycles. The predicted octanol–water partition coefficient (Wildman–Crippen LogP) is 1.62. The van der Waals surface area contributed by atoms with Gasteiger partial charge in [-0.05, 0) is 26.0 Å². The molecule has 0 aliphatic carbocycles. The first-order valence-electron chi connectivity index (χ1n) is 4.38. The van der Waals surface area contributed by atoms with Crippen LogP contribution in [0, 0.1) is 17.2 Å². The van der Waals surface area contributed by atoms with Crippen LogP contribution in [0.4, 0.5) is 0 Å². The molecule has 1 aromatic rings. The maximum absolute atomic E-state index is 11.3. The highest BCUT2D eigenvalue weighted by atomic mass is 16.3. The van der Waals surface area contributed by atoms with Crippen molar-refractivity contribution in [1.29, 1.82) is 5.26 Å². The topological polar surface area (TPSA) is 66.0 Å². The lowest BCUT2D eigenvalue weighted by Gasteiger charge is -2.11. The summed E-state index contributed by atoms with van der Waals surface area (Å²) in [6, 6.07) is 5.21. The molecule has 4 nitrogen and oxygen atoms in total. The van der Waals surface area contributed by atoms with Gasteiger partial charge in [0.25, 0.3) is 0 Å². The van der Waals surface area contributed by atoms with Gasteiger partial charge in [-0.25, -0.2) is 0 Å². The number of hydrogen-bond donors (Lipinski definition) is 1. The molecule has 14 heavy (non-hydrogen) atoms. The van der Waals surface area contributed by atoms with Gasteiger partial charge in [-0.3, -0.25) is 4.79 Å². The Morgan fingerprint density at radius 2 is 2.36 bits per heavy atom. The fraction of sp³-hybridized carbons (Fsp3) is 0.400. The molecule has 2 atom stereocenters. The van der Waals surface area contributed by atoms with Crippen LogP contribution >= 0.6 is 0 Å². The van der Waals surface area contributed by atoms with Crippen LogP contribution in [-0.4, -0.2) is 5.91 Å². The average Bonchev–Trinajstić information content (AvgIpc) is 2.69. The average molecular weight is 192 g/mol. The Bertz CT molecular complexity index is 338. The lowest BCUT2D eigenvalue weighted by atomic mass is 10.1. The summed E-state index contributed by atoms with van der Waals surface area (Å²) in [7, 11) is 0. The van der Waals surface area contributed by atoms with E-state index in [-0.39, 0.29) is 11.9 Å². The molecule has 1 N–H and O–H groups in total. The molecule has 0 saturated heterocycles. The molecule has 0 radical (unpaired) electrons. The van der Waals surface area contributed by atoms with Crippen LogP contribution in [0.3, 0.4) is 0 Å². The minimum absolute atomic E-state index is 0.201. The zero-order valence-electron chi connectivity index (χ0n) is 8.15. The van der Waals surface area contributed by atoms with Crippen LogP contribution in [0.2, 0.25) is 0 Å². The quantitative estimate of drug-likeness (QED) is 0.791. The fourth-order valence-corrected chi connectivity index (χ4v) is 1.01. The minimum Gasteiger partial charge on any atom is -0.467 e. The summed E-state index contributed by atoms with van der Waals surface area (Å²) in [5, 5.41) is 11.2. The van der Waals surface area contributed by atoms with E-state index < -0.39 is 5.92 Å². The van der Waals surface area contributed by atoms with Crippen molar-refractivity contribution in [2.75, 3.05) is 0 Å². The number of carbonyl (C=O) groups excluding carboxylic acids is 1. The molecular formula is C10H12N2O2. The Hall–Kier alpha value is -1.76. The number of nitriles is 1. The van der Waals surface area contributed by atoms with Crippen molar-refractivity contribution in [3.8, 4) is 6.07 Å². The second-order valence-electron chi connectivity index (χ2n) is 3.10. The van der Waals surface area contributed by atoms with Gasteiger partial charge in [0.1, 0.15) is 11.7 Å². The van der Waals surface area contributed by atoms with E-state index in [2.05, 4.69) is 5.32 Å². The molecular weight excluding hydrogens is 180 g/mol. The van der Waals surface area contributed by atoms with Crippen molar-refractivity contribution in [2.24, 2.45) is 5.92 Å². The molecule has 0 spiro atoms. The van der Waals surface area contributed by atoms with Crippen molar-refractivity contribution >= 4 is 5.91 Å². The first-order valence-corrected chi connectivity index (χ1v) is 4.38. The zero-order chi connectivity index (χ0) is 10.6. The third kappa shape index (κ3) is 2.36. The molecule has 1 rings (SSSR count). The molecule has 0 saturated carbocycles. The van der Waals surface area contributed by atoms with Gasteiger partial charge in [0, 0.05) is 0 Å². The van der Waals surface area contributed by atoms with Gasteiger partial charge < -0.3 is 9.73 Å².